The number of amides is 1. The SMILES string of the molecule is COc1ccc(C2=NN(C(=O)COc3ccc(C)cc3OC)[C@@H](c3ccco3)C2)cc1. The Kier molecular flexibility index (Phi) is 5.93. The van der Waals surface area contributed by atoms with Crippen LogP contribution in [0.5, 0.6) is 17.2 Å². The number of furan rings is 1. The van der Waals surface area contributed by atoms with Crippen LogP contribution in [0.4, 0.5) is 0 Å². The Morgan fingerprint density at radius 2 is 1.90 bits per heavy atom. The fraction of sp³-hybridized carbons (Fsp3) is 0.250. The number of rotatable bonds is 7. The number of carbonyl (C=O) groups excluding carboxylic acids is 1. The highest BCUT2D eigenvalue weighted by atomic mass is 16.5. The first-order chi connectivity index (χ1) is 15.1. The zero-order valence-electron chi connectivity index (χ0n) is 17.7. The molecule has 2 aromatic carbocycles. The topological polar surface area (TPSA) is 73.5 Å². The lowest BCUT2D eigenvalue weighted by atomic mass is 10.0. The van der Waals surface area contributed by atoms with Crippen molar-refractivity contribution in [1.29, 1.82) is 0 Å². The maximum absolute atomic E-state index is 13.1. The highest BCUT2D eigenvalue weighted by molar-refractivity contribution is 6.03. The number of hydrogen-bond donors (Lipinski definition) is 0. The van der Waals surface area contributed by atoms with E-state index in [4.69, 9.17) is 18.6 Å². The molecule has 7 heteroatoms. The van der Waals surface area contributed by atoms with Gasteiger partial charge in [-0.05, 0) is 66.6 Å². The van der Waals surface area contributed by atoms with Gasteiger partial charge in [0.25, 0.3) is 5.91 Å². The molecule has 0 saturated carbocycles. The lowest BCUT2D eigenvalue weighted by molar-refractivity contribution is -0.135. The monoisotopic (exact) mass is 420 g/mol. The molecule has 2 heterocycles. The number of hydrazone groups is 1. The summed E-state index contributed by atoms with van der Waals surface area (Å²) in [6.45, 7) is 1.79. The number of benzene rings is 2. The van der Waals surface area contributed by atoms with Crippen LogP contribution in [0.25, 0.3) is 0 Å². The van der Waals surface area contributed by atoms with Crippen LogP contribution in [0, 0.1) is 6.92 Å². The first kappa shape index (κ1) is 20.5. The molecule has 1 aliphatic rings. The van der Waals surface area contributed by atoms with Gasteiger partial charge in [0.15, 0.2) is 18.1 Å². The van der Waals surface area contributed by atoms with Crippen molar-refractivity contribution >= 4 is 11.6 Å². The van der Waals surface area contributed by atoms with Gasteiger partial charge in [-0.25, -0.2) is 5.01 Å². The zero-order chi connectivity index (χ0) is 21.8. The summed E-state index contributed by atoms with van der Waals surface area (Å²) in [6, 6.07) is 16.5. The summed E-state index contributed by atoms with van der Waals surface area (Å²) in [5, 5.41) is 6.05. The van der Waals surface area contributed by atoms with E-state index in [1.165, 1.54) is 5.01 Å². The lowest BCUT2D eigenvalue weighted by Crippen LogP contribution is -2.31. The normalized spacial score (nSPS) is 15.5. The molecule has 0 N–H and O–H groups in total. The summed E-state index contributed by atoms with van der Waals surface area (Å²) < 4.78 is 21.9. The molecule has 0 unspecified atom stereocenters. The number of nitrogens with zero attached hydrogens (tertiary/aromatic N) is 2. The Morgan fingerprint density at radius 3 is 2.58 bits per heavy atom. The van der Waals surface area contributed by atoms with Crippen LogP contribution in [-0.4, -0.2) is 37.5 Å². The van der Waals surface area contributed by atoms with E-state index >= 15 is 0 Å². The lowest BCUT2D eigenvalue weighted by Gasteiger charge is -2.20. The minimum absolute atomic E-state index is 0.171. The van der Waals surface area contributed by atoms with E-state index in [-0.39, 0.29) is 18.6 Å². The minimum atomic E-state index is -0.330. The van der Waals surface area contributed by atoms with Crippen LogP contribution in [0.3, 0.4) is 0 Å². The first-order valence-electron chi connectivity index (χ1n) is 9.94. The van der Waals surface area contributed by atoms with Gasteiger partial charge in [0.05, 0.1) is 26.2 Å². The van der Waals surface area contributed by atoms with Crippen molar-refractivity contribution in [3.05, 3.63) is 77.7 Å². The molecule has 1 amide bonds. The van der Waals surface area contributed by atoms with Gasteiger partial charge in [-0.15, -0.1) is 0 Å². The maximum atomic E-state index is 13.1. The molecule has 3 aromatic rings. The molecule has 0 bridgehead atoms. The van der Waals surface area contributed by atoms with Gasteiger partial charge in [-0.2, -0.15) is 5.10 Å². The third-order valence-electron chi connectivity index (χ3n) is 5.13. The van der Waals surface area contributed by atoms with Gasteiger partial charge in [-0.1, -0.05) is 6.07 Å². The van der Waals surface area contributed by atoms with E-state index in [0.717, 1.165) is 22.6 Å². The van der Waals surface area contributed by atoms with Crippen LogP contribution >= 0.6 is 0 Å². The van der Waals surface area contributed by atoms with Gasteiger partial charge >= 0.3 is 0 Å². The fourth-order valence-corrected chi connectivity index (χ4v) is 3.50. The average Bonchev–Trinajstić information content (AvgIpc) is 3.48. The van der Waals surface area contributed by atoms with Crippen LogP contribution in [-0.2, 0) is 4.79 Å². The molecule has 0 fully saturated rings. The van der Waals surface area contributed by atoms with E-state index in [0.29, 0.717) is 23.7 Å². The number of aryl methyl sites for hydroxylation is 1. The van der Waals surface area contributed by atoms with Gasteiger partial charge in [0.1, 0.15) is 17.6 Å². The van der Waals surface area contributed by atoms with Gasteiger partial charge in [0.2, 0.25) is 0 Å². The summed E-state index contributed by atoms with van der Waals surface area (Å²) in [5.41, 5.74) is 2.76. The van der Waals surface area contributed by atoms with Crippen LogP contribution in [0.1, 0.15) is 29.3 Å². The van der Waals surface area contributed by atoms with Gasteiger partial charge in [-0.3, -0.25) is 4.79 Å². The van der Waals surface area contributed by atoms with E-state index in [9.17, 15) is 4.79 Å². The van der Waals surface area contributed by atoms with Crippen molar-refractivity contribution in [2.75, 3.05) is 20.8 Å². The Labute approximate surface area is 180 Å². The van der Waals surface area contributed by atoms with Gasteiger partial charge in [0, 0.05) is 6.42 Å². The van der Waals surface area contributed by atoms with Crippen molar-refractivity contribution in [3.8, 4) is 17.2 Å². The highest BCUT2D eigenvalue weighted by Gasteiger charge is 2.35. The van der Waals surface area contributed by atoms with Gasteiger partial charge < -0.3 is 18.6 Å². The summed E-state index contributed by atoms with van der Waals surface area (Å²) in [6.07, 6.45) is 2.14. The molecule has 1 aromatic heterocycles. The van der Waals surface area contributed by atoms with Crippen molar-refractivity contribution in [2.45, 2.75) is 19.4 Å². The Hall–Kier alpha value is -3.74. The zero-order valence-corrected chi connectivity index (χ0v) is 17.7. The van der Waals surface area contributed by atoms with E-state index < -0.39 is 0 Å². The van der Waals surface area contributed by atoms with Crippen molar-refractivity contribution in [1.82, 2.24) is 5.01 Å². The summed E-state index contributed by atoms with van der Waals surface area (Å²) in [5.74, 6) is 2.26. The standard InChI is InChI=1S/C24H24N2O5/c1-16-6-11-22(23(13-16)29-3)31-15-24(27)26-20(21-5-4-12-30-21)14-19(25-26)17-7-9-18(28-2)10-8-17/h4-13,20H,14-15H2,1-3H3/t20-/m1/s1. The molecule has 1 atom stereocenters. The number of methoxy groups -OCH3 is 2. The molecule has 7 nitrogen and oxygen atoms in total. The fourth-order valence-electron chi connectivity index (χ4n) is 3.50. The largest absolute Gasteiger partial charge is 0.497 e. The average molecular weight is 420 g/mol. The molecule has 0 saturated heterocycles. The van der Waals surface area contributed by atoms with Crippen LogP contribution < -0.4 is 14.2 Å². The smallest absolute Gasteiger partial charge is 0.281 e. The van der Waals surface area contributed by atoms with Crippen LogP contribution in [0.2, 0.25) is 0 Å². The second-order valence-corrected chi connectivity index (χ2v) is 7.19. The molecule has 0 aliphatic carbocycles. The predicted molar refractivity (Wildman–Crippen MR) is 116 cm³/mol. The molecule has 160 valence electrons. The molecule has 0 radical (unpaired) electrons. The van der Waals surface area contributed by atoms with Crippen molar-refractivity contribution in [3.63, 3.8) is 0 Å². The maximum Gasteiger partial charge on any atom is 0.281 e. The summed E-state index contributed by atoms with van der Waals surface area (Å²) >= 11 is 0. The second-order valence-electron chi connectivity index (χ2n) is 7.19. The molecular weight excluding hydrogens is 396 g/mol. The molecule has 4 rings (SSSR count). The van der Waals surface area contributed by atoms with Crippen molar-refractivity contribution in [2.24, 2.45) is 5.10 Å². The van der Waals surface area contributed by atoms with E-state index in [1.807, 2.05) is 49.4 Å². The Morgan fingerprint density at radius 1 is 1.10 bits per heavy atom. The van der Waals surface area contributed by atoms with Crippen molar-refractivity contribution < 1.29 is 23.4 Å². The van der Waals surface area contributed by atoms with E-state index in [1.54, 1.807) is 32.6 Å². The highest BCUT2D eigenvalue weighted by Crippen LogP contribution is 2.34. The Bertz CT molecular complexity index is 1070. The Balaban J connectivity index is 1.55. The second kappa shape index (κ2) is 8.95. The summed E-state index contributed by atoms with van der Waals surface area (Å²) in [7, 11) is 3.20. The number of ether oxygens (including phenoxy) is 3. The molecule has 1 aliphatic heterocycles. The van der Waals surface area contributed by atoms with Crippen LogP contribution in [0.15, 0.2) is 70.4 Å². The molecular formula is C24H24N2O5. The minimum Gasteiger partial charge on any atom is -0.497 e. The third kappa shape index (κ3) is 4.40. The quantitative estimate of drug-likeness (QED) is 0.568. The third-order valence-corrected chi connectivity index (χ3v) is 5.13. The summed E-state index contributed by atoms with van der Waals surface area (Å²) in [4.78, 5) is 13.1. The first-order valence-corrected chi connectivity index (χ1v) is 9.94. The molecule has 31 heavy (non-hydrogen) atoms. The van der Waals surface area contributed by atoms with E-state index in [2.05, 4.69) is 5.10 Å². The number of carbonyl (C=O) groups is 1. The predicted octanol–water partition coefficient (Wildman–Crippen LogP) is 4.36. The number of hydrogen-bond acceptors (Lipinski definition) is 6. The molecule has 0 spiro atoms.